The first-order chi connectivity index (χ1) is 12.2. The van der Waals surface area contributed by atoms with Gasteiger partial charge in [0, 0.05) is 6.08 Å². The monoisotopic (exact) mass is 340 g/mol. The minimum atomic E-state index is -0.418. The lowest BCUT2D eigenvalue weighted by Gasteiger charge is -2.08. The number of rotatable bonds is 9. The van der Waals surface area contributed by atoms with Gasteiger partial charge in [-0.1, -0.05) is 24.8 Å². The standard InChI is InChI=1S/C20H20O5/c1-2-19(21)24-15-7-6-14-23-17-12-10-16(11-13-17)20(22)25-18-8-4-3-5-9-18/h2-5,8-13H,1,6-7,14-15H2. The van der Waals surface area contributed by atoms with Crippen molar-refractivity contribution in [2.75, 3.05) is 13.2 Å². The van der Waals surface area contributed by atoms with Gasteiger partial charge in [-0.15, -0.1) is 0 Å². The van der Waals surface area contributed by atoms with Gasteiger partial charge in [0.25, 0.3) is 0 Å². The van der Waals surface area contributed by atoms with Crippen LogP contribution >= 0.6 is 0 Å². The van der Waals surface area contributed by atoms with E-state index >= 15 is 0 Å². The van der Waals surface area contributed by atoms with Crippen LogP contribution in [0.1, 0.15) is 23.2 Å². The van der Waals surface area contributed by atoms with Crippen molar-refractivity contribution in [1.29, 1.82) is 0 Å². The van der Waals surface area contributed by atoms with Crippen LogP contribution in [0.3, 0.4) is 0 Å². The summed E-state index contributed by atoms with van der Waals surface area (Å²) in [6, 6.07) is 15.7. The Morgan fingerprint density at radius 3 is 2.24 bits per heavy atom. The maximum absolute atomic E-state index is 12.0. The summed E-state index contributed by atoms with van der Waals surface area (Å²) in [5.74, 6) is 0.338. The molecule has 0 radical (unpaired) electrons. The van der Waals surface area contributed by atoms with Crippen LogP contribution in [0.5, 0.6) is 11.5 Å². The van der Waals surface area contributed by atoms with Crippen molar-refractivity contribution in [3.63, 3.8) is 0 Å². The fraction of sp³-hybridized carbons (Fsp3) is 0.200. The first kappa shape index (κ1) is 18.3. The summed E-state index contributed by atoms with van der Waals surface area (Å²) in [4.78, 5) is 22.9. The van der Waals surface area contributed by atoms with Gasteiger partial charge in [0.2, 0.25) is 0 Å². The zero-order valence-corrected chi connectivity index (χ0v) is 13.9. The summed E-state index contributed by atoms with van der Waals surface area (Å²) in [5, 5.41) is 0. The van der Waals surface area contributed by atoms with Gasteiger partial charge in [-0.3, -0.25) is 0 Å². The Kier molecular flexibility index (Phi) is 7.25. The number of carbonyl (C=O) groups excluding carboxylic acids is 2. The minimum absolute atomic E-state index is 0.346. The molecular weight excluding hydrogens is 320 g/mol. The van der Waals surface area contributed by atoms with E-state index in [1.54, 1.807) is 48.5 Å². The molecule has 130 valence electrons. The van der Waals surface area contributed by atoms with Crippen molar-refractivity contribution in [2.24, 2.45) is 0 Å². The third kappa shape index (κ3) is 6.51. The van der Waals surface area contributed by atoms with Crippen LogP contribution in [0, 0.1) is 0 Å². The molecule has 0 spiro atoms. The molecule has 0 unspecified atom stereocenters. The van der Waals surface area contributed by atoms with Gasteiger partial charge in [-0.25, -0.2) is 9.59 Å². The Morgan fingerprint density at radius 1 is 0.880 bits per heavy atom. The van der Waals surface area contributed by atoms with Crippen molar-refractivity contribution < 1.29 is 23.8 Å². The third-order valence-corrected chi connectivity index (χ3v) is 3.26. The second-order valence-electron chi connectivity index (χ2n) is 5.15. The number of unbranched alkanes of at least 4 members (excludes halogenated alkanes) is 1. The number of benzene rings is 2. The van der Waals surface area contributed by atoms with E-state index in [2.05, 4.69) is 6.58 Å². The fourth-order valence-corrected chi connectivity index (χ4v) is 1.97. The first-order valence-corrected chi connectivity index (χ1v) is 7.98. The number of carbonyl (C=O) groups is 2. The summed E-state index contributed by atoms with van der Waals surface area (Å²) in [6.07, 6.45) is 2.60. The van der Waals surface area contributed by atoms with Crippen LogP contribution in [0.4, 0.5) is 0 Å². The highest BCUT2D eigenvalue weighted by Gasteiger charge is 2.08. The van der Waals surface area contributed by atoms with Gasteiger partial charge in [-0.05, 0) is 49.2 Å². The lowest BCUT2D eigenvalue weighted by Crippen LogP contribution is -2.08. The highest BCUT2D eigenvalue weighted by Crippen LogP contribution is 2.15. The van der Waals surface area contributed by atoms with Crippen LogP contribution in [0.15, 0.2) is 67.3 Å². The molecule has 0 aromatic heterocycles. The molecule has 0 heterocycles. The maximum Gasteiger partial charge on any atom is 0.343 e. The Balaban J connectivity index is 1.71. The predicted molar refractivity (Wildman–Crippen MR) is 93.7 cm³/mol. The van der Waals surface area contributed by atoms with Gasteiger partial charge in [0.1, 0.15) is 11.5 Å². The summed E-state index contributed by atoms with van der Waals surface area (Å²) in [5.41, 5.74) is 0.451. The molecule has 0 amide bonds. The number of hydrogen-bond donors (Lipinski definition) is 0. The van der Waals surface area contributed by atoms with Crippen molar-refractivity contribution in [3.05, 3.63) is 72.8 Å². The second kappa shape index (κ2) is 9.93. The van der Waals surface area contributed by atoms with Crippen LogP contribution in [-0.4, -0.2) is 25.2 Å². The van der Waals surface area contributed by atoms with Crippen LogP contribution in [0.2, 0.25) is 0 Å². The molecule has 0 saturated heterocycles. The van der Waals surface area contributed by atoms with E-state index in [0.717, 1.165) is 12.5 Å². The molecule has 0 atom stereocenters. The summed E-state index contributed by atoms with van der Waals surface area (Å²) < 4.78 is 15.7. The molecule has 0 N–H and O–H groups in total. The molecule has 5 heteroatoms. The first-order valence-electron chi connectivity index (χ1n) is 7.98. The minimum Gasteiger partial charge on any atom is -0.494 e. The number of para-hydroxylation sites is 1. The average molecular weight is 340 g/mol. The quantitative estimate of drug-likeness (QED) is 0.301. The zero-order chi connectivity index (χ0) is 17.9. The molecule has 2 aromatic carbocycles. The summed E-state index contributed by atoms with van der Waals surface area (Å²) in [6.45, 7) is 4.17. The normalized spacial score (nSPS) is 9.92. The number of ether oxygens (including phenoxy) is 3. The molecule has 0 aliphatic rings. The Morgan fingerprint density at radius 2 is 1.56 bits per heavy atom. The highest BCUT2D eigenvalue weighted by molar-refractivity contribution is 5.91. The highest BCUT2D eigenvalue weighted by atomic mass is 16.5. The molecule has 5 nitrogen and oxygen atoms in total. The topological polar surface area (TPSA) is 61.8 Å². The summed E-state index contributed by atoms with van der Waals surface area (Å²) >= 11 is 0. The van der Waals surface area contributed by atoms with Crippen molar-refractivity contribution in [1.82, 2.24) is 0 Å². The van der Waals surface area contributed by atoms with Gasteiger partial charge in [-0.2, -0.15) is 0 Å². The van der Waals surface area contributed by atoms with Gasteiger partial charge in [0.15, 0.2) is 0 Å². The lowest BCUT2D eigenvalue weighted by atomic mass is 10.2. The molecule has 0 bridgehead atoms. The number of hydrogen-bond acceptors (Lipinski definition) is 5. The molecule has 0 aliphatic heterocycles. The fourth-order valence-electron chi connectivity index (χ4n) is 1.97. The molecule has 0 fully saturated rings. The number of esters is 2. The van der Waals surface area contributed by atoms with Gasteiger partial charge < -0.3 is 14.2 Å². The molecule has 2 rings (SSSR count). The van der Waals surface area contributed by atoms with Crippen molar-refractivity contribution in [2.45, 2.75) is 12.8 Å². The van der Waals surface area contributed by atoms with E-state index in [1.807, 2.05) is 6.07 Å². The second-order valence-corrected chi connectivity index (χ2v) is 5.15. The Hall–Kier alpha value is -3.08. The van der Waals surface area contributed by atoms with Gasteiger partial charge in [0.05, 0.1) is 18.8 Å². The van der Waals surface area contributed by atoms with E-state index in [-0.39, 0.29) is 0 Å². The van der Waals surface area contributed by atoms with E-state index in [1.165, 1.54) is 0 Å². The molecule has 0 aliphatic carbocycles. The summed E-state index contributed by atoms with van der Waals surface area (Å²) in [7, 11) is 0. The van der Waals surface area contributed by atoms with Crippen LogP contribution < -0.4 is 9.47 Å². The van der Waals surface area contributed by atoms with E-state index in [9.17, 15) is 9.59 Å². The van der Waals surface area contributed by atoms with Crippen molar-refractivity contribution in [3.8, 4) is 11.5 Å². The van der Waals surface area contributed by atoms with Crippen LogP contribution in [-0.2, 0) is 9.53 Å². The van der Waals surface area contributed by atoms with E-state index < -0.39 is 11.9 Å². The third-order valence-electron chi connectivity index (χ3n) is 3.26. The smallest absolute Gasteiger partial charge is 0.343 e. The zero-order valence-electron chi connectivity index (χ0n) is 13.9. The Bertz CT molecular complexity index is 692. The lowest BCUT2D eigenvalue weighted by molar-refractivity contribution is -0.137. The maximum atomic E-state index is 12.0. The van der Waals surface area contributed by atoms with E-state index in [0.29, 0.717) is 36.7 Å². The molecular formula is C20H20O5. The molecule has 0 saturated carbocycles. The SMILES string of the molecule is C=CC(=O)OCCCCOc1ccc(C(=O)Oc2ccccc2)cc1. The molecule has 25 heavy (non-hydrogen) atoms. The van der Waals surface area contributed by atoms with Crippen molar-refractivity contribution >= 4 is 11.9 Å². The molecule has 2 aromatic rings. The predicted octanol–water partition coefficient (Wildman–Crippen LogP) is 3.79. The van der Waals surface area contributed by atoms with Gasteiger partial charge >= 0.3 is 11.9 Å². The van der Waals surface area contributed by atoms with Crippen LogP contribution in [0.25, 0.3) is 0 Å². The average Bonchev–Trinajstić information content (AvgIpc) is 2.65. The Labute approximate surface area is 146 Å². The van der Waals surface area contributed by atoms with E-state index in [4.69, 9.17) is 14.2 Å². The largest absolute Gasteiger partial charge is 0.494 e.